The van der Waals surface area contributed by atoms with Gasteiger partial charge < -0.3 is 4.74 Å². The van der Waals surface area contributed by atoms with Gasteiger partial charge in [0.15, 0.2) is 0 Å². The molecule has 1 atom stereocenters. The molecule has 0 saturated heterocycles. The number of halogens is 1. The molecule has 2 nitrogen and oxygen atoms in total. The summed E-state index contributed by atoms with van der Waals surface area (Å²) < 4.78 is 17.9. The van der Waals surface area contributed by atoms with Crippen molar-refractivity contribution in [2.75, 3.05) is 6.61 Å². The molecule has 0 N–H and O–H groups in total. The minimum Gasteiger partial charge on any atom is -0.466 e. The zero-order chi connectivity index (χ0) is 11.3. The predicted molar refractivity (Wildman–Crippen MR) is 56.1 cm³/mol. The van der Waals surface area contributed by atoms with Gasteiger partial charge in [0.25, 0.3) is 0 Å². The van der Waals surface area contributed by atoms with Crippen LogP contribution >= 0.6 is 0 Å². The Balaban J connectivity index is 2.87. The number of hydrogen-bond acceptors (Lipinski definition) is 2. The van der Waals surface area contributed by atoms with Crippen LogP contribution in [0.1, 0.15) is 31.7 Å². The van der Waals surface area contributed by atoms with Gasteiger partial charge in [0, 0.05) is 0 Å². The fourth-order valence-electron chi connectivity index (χ4n) is 1.50. The first kappa shape index (κ1) is 11.7. The van der Waals surface area contributed by atoms with E-state index in [2.05, 4.69) is 0 Å². The number of rotatable bonds is 4. The molecule has 0 aromatic heterocycles. The van der Waals surface area contributed by atoms with Gasteiger partial charge in [-0.25, -0.2) is 4.39 Å². The molecular weight excluding hydrogens is 195 g/mol. The lowest BCUT2D eigenvalue weighted by molar-refractivity contribution is -0.145. The van der Waals surface area contributed by atoms with E-state index in [4.69, 9.17) is 4.74 Å². The summed E-state index contributed by atoms with van der Waals surface area (Å²) in [5.41, 5.74) is 0.677. The molecule has 1 aromatic carbocycles. The lowest BCUT2D eigenvalue weighted by atomic mass is 9.97. The summed E-state index contributed by atoms with van der Waals surface area (Å²) in [5, 5.41) is 0. The molecule has 0 saturated carbocycles. The van der Waals surface area contributed by atoms with Crippen LogP contribution in [0.5, 0.6) is 0 Å². The summed E-state index contributed by atoms with van der Waals surface area (Å²) in [4.78, 5) is 11.5. The third-order valence-corrected chi connectivity index (χ3v) is 2.23. The van der Waals surface area contributed by atoms with E-state index in [0.29, 0.717) is 18.6 Å². The van der Waals surface area contributed by atoms with E-state index in [1.54, 1.807) is 19.1 Å². The summed E-state index contributed by atoms with van der Waals surface area (Å²) in [6.07, 6.45) is 0.613. The molecule has 3 heteroatoms. The van der Waals surface area contributed by atoms with Crippen molar-refractivity contribution in [2.45, 2.75) is 26.2 Å². The van der Waals surface area contributed by atoms with Crippen LogP contribution in [-0.2, 0) is 9.53 Å². The largest absolute Gasteiger partial charge is 0.466 e. The summed E-state index contributed by atoms with van der Waals surface area (Å²) in [6.45, 7) is 3.99. The van der Waals surface area contributed by atoms with Crippen molar-refractivity contribution >= 4 is 5.97 Å². The Hall–Kier alpha value is -1.38. The van der Waals surface area contributed by atoms with E-state index < -0.39 is 0 Å². The molecule has 82 valence electrons. The van der Waals surface area contributed by atoms with Crippen LogP contribution in [0.4, 0.5) is 4.39 Å². The van der Waals surface area contributed by atoms with Crippen LogP contribution in [-0.4, -0.2) is 12.6 Å². The minimum absolute atomic E-state index is 0.286. The molecule has 15 heavy (non-hydrogen) atoms. The highest BCUT2D eigenvalue weighted by molar-refractivity contribution is 5.78. The number of hydrogen-bond donors (Lipinski definition) is 0. The van der Waals surface area contributed by atoms with Crippen molar-refractivity contribution in [1.82, 2.24) is 0 Å². The average Bonchev–Trinajstić information content (AvgIpc) is 2.19. The second-order valence-corrected chi connectivity index (χ2v) is 3.27. The van der Waals surface area contributed by atoms with Crippen molar-refractivity contribution in [2.24, 2.45) is 0 Å². The first-order chi connectivity index (χ1) is 7.19. The van der Waals surface area contributed by atoms with Gasteiger partial charge in [-0.3, -0.25) is 4.79 Å². The molecule has 0 aliphatic rings. The zero-order valence-corrected chi connectivity index (χ0v) is 9.00. The Labute approximate surface area is 89.1 Å². The first-order valence-electron chi connectivity index (χ1n) is 5.11. The molecule has 0 spiro atoms. The third-order valence-electron chi connectivity index (χ3n) is 2.23. The Bertz CT molecular complexity index is 336. The Kier molecular flexibility index (Phi) is 4.28. The van der Waals surface area contributed by atoms with Gasteiger partial charge in [-0.2, -0.15) is 0 Å². The van der Waals surface area contributed by atoms with Crippen molar-refractivity contribution < 1.29 is 13.9 Å². The van der Waals surface area contributed by atoms with Gasteiger partial charge in [-0.15, -0.1) is 0 Å². The molecule has 1 aromatic rings. The summed E-state index contributed by atoms with van der Waals surface area (Å²) in [6, 6.07) is 6.09. The van der Waals surface area contributed by atoms with Crippen molar-refractivity contribution in [3.8, 4) is 0 Å². The number of ether oxygens (including phenoxy) is 1. The fraction of sp³-hybridized carbons (Fsp3) is 0.417. The molecule has 0 radical (unpaired) electrons. The molecule has 1 rings (SSSR count). The van der Waals surface area contributed by atoms with E-state index in [9.17, 15) is 9.18 Å². The number of carbonyl (C=O) groups excluding carboxylic acids is 1. The summed E-state index contributed by atoms with van der Waals surface area (Å²) in [5.74, 6) is -0.971. The number of benzene rings is 1. The highest BCUT2D eigenvalue weighted by atomic mass is 19.1. The highest BCUT2D eigenvalue weighted by Crippen LogP contribution is 2.21. The molecule has 1 unspecified atom stereocenters. The second-order valence-electron chi connectivity index (χ2n) is 3.27. The fourth-order valence-corrected chi connectivity index (χ4v) is 1.50. The van der Waals surface area contributed by atoms with E-state index in [0.717, 1.165) is 0 Å². The van der Waals surface area contributed by atoms with Crippen molar-refractivity contribution in [3.05, 3.63) is 35.6 Å². The molecule has 0 amide bonds. The van der Waals surface area contributed by atoms with Crippen LogP contribution in [0.15, 0.2) is 24.3 Å². The summed E-state index contributed by atoms with van der Waals surface area (Å²) in [7, 11) is 0. The maximum atomic E-state index is 13.0. The van der Waals surface area contributed by atoms with Crippen LogP contribution < -0.4 is 0 Å². The van der Waals surface area contributed by atoms with E-state index in [1.807, 2.05) is 6.92 Å². The molecule has 0 aliphatic heterocycles. The predicted octanol–water partition coefficient (Wildman–Crippen LogP) is 2.88. The average molecular weight is 210 g/mol. The molecule has 0 aliphatic carbocycles. The maximum absolute atomic E-state index is 13.0. The smallest absolute Gasteiger partial charge is 0.313 e. The van der Waals surface area contributed by atoms with Crippen molar-refractivity contribution in [3.63, 3.8) is 0 Å². The van der Waals surface area contributed by atoms with Crippen LogP contribution in [0.3, 0.4) is 0 Å². The Morgan fingerprint density at radius 1 is 1.47 bits per heavy atom. The van der Waals surface area contributed by atoms with E-state index in [1.165, 1.54) is 12.1 Å². The monoisotopic (exact) mass is 210 g/mol. The molecule has 0 fully saturated rings. The lowest BCUT2D eigenvalue weighted by Gasteiger charge is -2.13. The van der Waals surface area contributed by atoms with E-state index in [-0.39, 0.29) is 17.7 Å². The second kappa shape index (κ2) is 5.49. The molecule has 0 bridgehead atoms. The highest BCUT2D eigenvalue weighted by Gasteiger charge is 2.19. The Morgan fingerprint density at radius 3 is 2.73 bits per heavy atom. The van der Waals surface area contributed by atoms with Crippen LogP contribution in [0.25, 0.3) is 0 Å². The number of carbonyl (C=O) groups is 1. The van der Waals surface area contributed by atoms with Gasteiger partial charge >= 0.3 is 5.97 Å². The van der Waals surface area contributed by atoms with Crippen LogP contribution in [0.2, 0.25) is 0 Å². The van der Waals surface area contributed by atoms with Gasteiger partial charge in [0.05, 0.1) is 12.5 Å². The van der Waals surface area contributed by atoms with Gasteiger partial charge in [0.1, 0.15) is 5.82 Å². The van der Waals surface area contributed by atoms with Crippen molar-refractivity contribution in [1.29, 1.82) is 0 Å². The maximum Gasteiger partial charge on any atom is 0.313 e. The van der Waals surface area contributed by atoms with Gasteiger partial charge in [-0.05, 0) is 31.0 Å². The van der Waals surface area contributed by atoms with Gasteiger partial charge in [-0.1, -0.05) is 19.1 Å². The first-order valence-corrected chi connectivity index (χ1v) is 5.11. The normalized spacial score (nSPS) is 12.2. The quantitative estimate of drug-likeness (QED) is 0.714. The Morgan fingerprint density at radius 2 is 2.20 bits per heavy atom. The zero-order valence-electron chi connectivity index (χ0n) is 9.00. The standard InChI is InChI=1S/C12H15FO2/c1-3-11(12(14)15-4-2)9-6-5-7-10(13)8-9/h5-8,11H,3-4H2,1-2H3. The van der Waals surface area contributed by atoms with E-state index >= 15 is 0 Å². The minimum atomic E-state index is -0.361. The number of esters is 1. The molecular formula is C12H15FO2. The topological polar surface area (TPSA) is 26.3 Å². The SMILES string of the molecule is CCOC(=O)C(CC)c1cccc(F)c1. The third kappa shape index (κ3) is 3.05. The lowest BCUT2D eigenvalue weighted by Crippen LogP contribution is -2.15. The molecule has 0 heterocycles. The van der Waals surface area contributed by atoms with Crippen LogP contribution in [0, 0.1) is 5.82 Å². The van der Waals surface area contributed by atoms with Gasteiger partial charge in [0.2, 0.25) is 0 Å². The summed E-state index contributed by atoms with van der Waals surface area (Å²) >= 11 is 0.